The number of carbonyl (C=O) groups is 2. The number of halogens is 1. The van der Waals surface area contributed by atoms with E-state index in [9.17, 15) is 29.8 Å². The molecule has 0 saturated heterocycles. The van der Waals surface area contributed by atoms with Crippen LogP contribution in [0.2, 0.25) is 5.02 Å². The lowest BCUT2D eigenvalue weighted by molar-refractivity contribution is -0.394. The summed E-state index contributed by atoms with van der Waals surface area (Å²) >= 11 is 5.88. The number of non-ortho nitro benzene ring substituents is 1. The molecule has 1 N–H and O–H groups in total. The molecular weight excluding hydrogens is 382 g/mol. The number of benzene rings is 2. The molecule has 0 bridgehead atoms. The number of nitro benzene ring substituents is 2. The average molecular weight is 394 g/mol. The van der Waals surface area contributed by atoms with E-state index in [4.69, 9.17) is 16.3 Å². The van der Waals surface area contributed by atoms with Crippen LogP contribution < -0.4 is 5.32 Å². The first kappa shape index (κ1) is 19.8. The second-order valence-corrected chi connectivity index (χ2v) is 5.44. The topological polar surface area (TPSA) is 142 Å². The van der Waals surface area contributed by atoms with Crippen molar-refractivity contribution in [3.8, 4) is 0 Å². The highest BCUT2D eigenvalue weighted by Gasteiger charge is 2.27. The molecule has 0 atom stereocenters. The zero-order valence-corrected chi connectivity index (χ0v) is 14.6. The predicted molar refractivity (Wildman–Crippen MR) is 95.1 cm³/mol. The number of para-hydroxylation sites is 1. The summed E-state index contributed by atoms with van der Waals surface area (Å²) in [5.74, 6) is -1.65. The number of nitrogens with zero attached hydrogens (tertiary/aromatic N) is 2. The van der Waals surface area contributed by atoms with Crippen LogP contribution in [0.1, 0.15) is 27.6 Å². The normalized spacial score (nSPS) is 10.1. The van der Waals surface area contributed by atoms with Crippen molar-refractivity contribution in [2.45, 2.75) is 6.92 Å². The van der Waals surface area contributed by atoms with E-state index in [-0.39, 0.29) is 17.9 Å². The Hall–Kier alpha value is -3.53. The molecule has 0 fully saturated rings. The highest BCUT2D eigenvalue weighted by molar-refractivity contribution is 6.36. The predicted octanol–water partition coefficient (Wildman–Crippen LogP) is 3.59. The van der Waals surface area contributed by atoms with Crippen LogP contribution in [-0.4, -0.2) is 28.3 Å². The van der Waals surface area contributed by atoms with Crippen molar-refractivity contribution in [1.82, 2.24) is 0 Å². The second-order valence-electron chi connectivity index (χ2n) is 5.06. The first-order chi connectivity index (χ1) is 12.8. The monoisotopic (exact) mass is 393 g/mol. The minimum absolute atomic E-state index is 0.0451. The number of ether oxygens (including phenoxy) is 1. The lowest BCUT2D eigenvalue weighted by Gasteiger charge is -2.11. The van der Waals surface area contributed by atoms with Crippen LogP contribution in [0.4, 0.5) is 17.1 Å². The first-order valence-electron chi connectivity index (χ1n) is 7.46. The van der Waals surface area contributed by atoms with Gasteiger partial charge in [0.15, 0.2) is 0 Å². The third-order valence-corrected chi connectivity index (χ3v) is 3.76. The summed E-state index contributed by atoms with van der Waals surface area (Å²) < 4.78 is 4.89. The van der Waals surface area contributed by atoms with Gasteiger partial charge in [0.05, 0.1) is 39.3 Å². The fourth-order valence-corrected chi connectivity index (χ4v) is 2.43. The Morgan fingerprint density at radius 2 is 1.78 bits per heavy atom. The summed E-state index contributed by atoms with van der Waals surface area (Å²) in [4.78, 5) is 44.7. The largest absolute Gasteiger partial charge is 0.462 e. The van der Waals surface area contributed by atoms with Gasteiger partial charge in [0.25, 0.3) is 17.3 Å². The molecule has 2 aromatic rings. The van der Waals surface area contributed by atoms with E-state index in [1.54, 1.807) is 13.0 Å². The number of carbonyl (C=O) groups excluding carboxylic acids is 2. The molecule has 140 valence electrons. The quantitative estimate of drug-likeness (QED) is 0.448. The van der Waals surface area contributed by atoms with E-state index in [1.165, 1.54) is 18.2 Å². The van der Waals surface area contributed by atoms with Crippen LogP contribution in [-0.2, 0) is 4.74 Å². The van der Waals surface area contributed by atoms with E-state index >= 15 is 0 Å². The fourth-order valence-electron chi connectivity index (χ4n) is 2.17. The highest BCUT2D eigenvalue weighted by Crippen LogP contribution is 2.33. The van der Waals surface area contributed by atoms with Gasteiger partial charge in [-0.15, -0.1) is 0 Å². The standard InChI is InChI=1S/C16H12ClN3O7/c1-2-27-16(22)10-5-3-4-6-12(10)18-15(21)11-7-9(19(23)24)8-13(14(11)17)20(25)26/h3-8H,2H2,1H3,(H,18,21). The Morgan fingerprint density at radius 1 is 1.11 bits per heavy atom. The fraction of sp³-hybridized carbons (Fsp3) is 0.125. The van der Waals surface area contributed by atoms with Crippen LogP contribution in [0.25, 0.3) is 0 Å². The Labute approximate surface area is 157 Å². The highest BCUT2D eigenvalue weighted by atomic mass is 35.5. The van der Waals surface area contributed by atoms with Gasteiger partial charge in [-0.25, -0.2) is 4.79 Å². The van der Waals surface area contributed by atoms with Crippen molar-refractivity contribution in [3.05, 3.63) is 72.8 Å². The number of esters is 1. The number of rotatable bonds is 6. The van der Waals surface area contributed by atoms with Crippen LogP contribution in [0.5, 0.6) is 0 Å². The molecule has 0 aliphatic carbocycles. The third kappa shape index (κ3) is 4.36. The Kier molecular flexibility index (Phi) is 6.03. The van der Waals surface area contributed by atoms with E-state index in [0.29, 0.717) is 6.07 Å². The van der Waals surface area contributed by atoms with Gasteiger partial charge in [-0.05, 0) is 19.1 Å². The molecular formula is C16H12ClN3O7. The number of hydrogen-bond acceptors (Lipinski definition) is 7. The molecule has 0 radical (unpaired) electrons. The van der Waals surface area contributed by atoms with Crippen molar-refractivity contribution in [3.63, 3.8) is 0 Å². The molecule has 1 amide bonds. The van der Waals surface area contributed by atoms with E-state index in [0.717, 1.165) is 6.07 Å². The molecule has 0 unspecified atom stereocenters. The van der Waals surface area contributed by atoms with Gasteiger partial charge < -0.3 is 10.1 Å². The van der Waals surface area contributed by atoms with Gasteiger partial charge in [-0.2, -0.15) is 0 Å². The summed E-state index contributed by atoms with van der Waals surface area (Å²) in [6.45, 7) is 1.73. The molecule has 0 heterocycles. The maximum absolute atomic E-state index is 12.5. The molecule has 2 aromatic carbocycles. The van der Waals surface area contributed by atoms with Crippen molar-refractivity contribution in [2.24, 2.45) is 0 Å². The number of nitro groups is 2. The van der Waals surface area contributed by atoms with Gasteiger partial charge in [0, 0.05) is 6.07 Å². The number of anilines is 1. The molecule has 0 saturated carbocycles. The van der Waals surface area contributed by atoms with E-state index < -0.39 is 43.7 Å². The summed E-state index contributed by atoms with van der Waals surface area (Å²) in [5, 5.41) is 23.8. The maximum Gasteiger partial charge on any atom is 0.340 e. The molecule has 10 nitrogen and oxygen atoms in total. The van der Waals surface area contributed by atoms with Crippen LogP contribution in [0.15, 0.2) is 36.4 Å². The van der Waals surface area contributed by atoms with Gasteiger partial charge in [-0.3, -0.25) is 25.0 Å². The summed E-state index contributed by atoms with van der Waals surface area (Å²) in [6.07, 6.45) is 0. The molecule has 0 aliphatic heterocycles. The van der Waals surface area contributed by atoms with Crippen LogP contribution in [0.3, 0.4) is 0 Å². The Balaban J connectivity index is 2.47. The first-order valence-corrected chi connectivity index (χ1v) is 7.83. The smallest absolute Gasteiger partial charge is 0.340 e. The SMILES string of the molecule is CCOC(=O)c1ccccc1NC(=O)c1cc([N+](=O)[O-])cc([N+](=O)[O-])c1Cl. The Morgan fingerprint density at radius 3 is 2.37 bits per heavy atom. The molecule has 0 aromatic heterocycles. The molecule has 2 rings (SSSR count). The summed E-state index contributed by atoms with van der Waals surface area (Å²) in [5.41, 5.74) is -1.82. The molecule has 27 heavy (non-hydrogen) atoms. The molecule has 0 spiro atoms. The van der Waals surface area contributed by atoms with Crippen LogP contribution >= 0.6 is 11.6 Å². The third-order valence-electron chi connectivity index (χ3n) is 3.36. The van der Waals surface area contributed by atoms with E-state index in [2.05, 4.69) is 5.32 Å². The number of nitrogens with one attached hydrogen (secondary N) is 1. The minimum atomic E-state index is -0.955. The Bertz CT molecular complexity index is 946. The lowest BCUT2D eigenvalue weighted by atomic mass is 10.1. The summed E-state index contributed by atoms with van der Waals surface area (Å²) in [6, 6.07) is 7.38. The van der Waals surface area contributed by atoms with Crippen LogP contribution in [0, 0.1) is 20.2 Å². The van der Waals surface area contributed by atoms with Crippen molar-refractivity contribution in [2.75, 3.05) is 11.9 Å². The summed E-state index contributed by atoms with van der Waals surface area (Å²) in [7, 11) is 0. The second kappa shape index (κ2) is 8.23. The maximum atomic E-state index is 12.5. The van der Waals surface area contributed by atoms with Gasteiger partial charge in [0.2, 0.25) is 0 Å². The lowest BCUT2D eigenvalue weighted by Crippen LogP contribution is -2.17. The zero-order valence-electron chi connectivity index (χ0n) is 13.8. The average Bonchev–Trinajstić information content (AvgIpc) is 2.61. The minimum Gasteiger partial charge on any atom is -0.462 e. The molecule has 11 heteroatoms. The van der Waals surface area contributed by atoms with Gasteiger partial charge >= 0.3 is 5.97 Å². The molecule has 0 aliphatic rings. The number of hydrogen-bond donors (Lipinski definition) is 1. The van der Waals surface area contributed by atoms with Crippen molar-refractivity contribution in [1.29, 1.82) is 0 Å². The van der Waals surface area contributed by atoms with Crippen molar-refractivity contribution >= 4 is 40.5 Å². The van der Waals surface area contributed by atoms with E-state index in [1.807, 2.05) is 0 Å². The van der Waals surface area contributed by atoms with Gasteiger partial charge in [0.1, 0.15) is 5.02 Å². The zero-order chi connectivity index (χ0) is 20.1. The number of amides is 1. The van der Waals surface area contributed by atoms with Crippen molar-refractivity contribution < 1.29 is 24.2 Å². The van der Waals surface area contributed by atoms with Gasteiger partial charge in [-0.1, -0.05) is 23.7 Å².